The predicted octanol–water partition coefficient (Wildman–Crippen LogP) is 3.42. The van der Waals surface area contributed by atoms with Gasteiger partial charge in [0, 0.05) is 25.2 Å². The van der Waals surface area contributed by atoms with Crippen LogP contribution in [-0.2, 0) is 4.74 Å². The van der Waals surface area contributed by atoms with E-state index < -0.39 is 0 Å². The number of hydrogen-bond acceptors (Lipinski definition) is 3. The molecule has 1 aliphatic heterocycles. The van der Waals surface area contributed by atoms with Crippen molar-refractivity contribution in [2.45, 2.75) is 26.8 Å². The standard InChI is InChI=1S/C22H28N2O2/c1-16-4-7-19(8-5-16)21(15-24-10-12-26-13-11-24)23-22(25)20-9-6-17(2)14-18(20)3/h4-9,14,21H,10-13,15H2,1-3H3,(H,23,25)/t21-/m1/s1. The van der Waals surface area contributed by atoms with Gasteiger partial charge in [0.25, 0.3) is 5.91 Å². The fourth-order valence-electron chi connectivity index (χ4n) is 3.38. The van der Waals surface area contributed by atoms with Crippen molar-refractivity contribution in [1.29, 1.82) is 0 Å². The molecular weight excluding hydrogens is 324 g/mol. The summed E-state index contributed by atoms with van der Waals surface area (Å²) in [5, 5.41) is 3.26. The first-order valence-electron chi connectivity index (χ1n) is 9.28. The van der Waals surface area contributed by atoms with E-state index in [0.29, 0.717) is 0 Å². The maximum atomic E-state index is 12.9. The summed E-state index contributed by atoms with van der Waals surface area (Å²) in [7, 11) is 0. The number of nitrogens with zero attached hydrogens (tertiary/aromatic N) is 1. The van der Waals surface area contributed by atoms with Gasteiger partial charge in [-0.1, -0.05) is 47.5 Å². The minimum absolute atomic E-state index is 0.0127. The molecule has 2 aromatic rings. The van der Waals surface area contributed by atoms with Crippen LogP contribution < -0.4 is 5.32 Å². The molecule has 0 radical (unpaired) electrons. The summed E-state index contributed by atoms with van der Waals surface area (Å²) in [6.07, 6.45) is 0. The van der Waals surface area contributed by atoms with Gasteiger partial charge >= 0.3 is 0 Å². The maximum absolute atomic E-state index is 12.9. The molecular formula is C22H28N2O2. The lowest BCUT2D eigenvalue weighted by atomic mass is 10.0. The zero-order valence-corrected chi connectivity index (χ0v) is 15.9. The second-order valence-corrected chi connectivity index (χ2v) is 7.17. The highest BCUT2D eigenvalue weighted by Crippen LogP contribution is 2.18. The maximum Gasteiger partial charge on any atom is 0.252 e. The number of amides is 1. The molecule has 26 heavy (non-hydrogen) atoms. The molecule has 1 aliphatic rings. The van der Waals surface area contributed by atoms with Crippen LogP contribution in [0.3, 0.4) is 0 Å². The fraction of sp³-hybridized carbons (Fsp3) is 0.409. The molecule has 0 unspecified atom stereocenters. The summed E-state index contributed by atoms with van der Waals surface area (Å²) >= 11 is 0. The quantitative estimate of drug-likeness (QED) is 0.896. The van der Waals surface area contributed by atoms with E-state index in [0.717, 1.165) is 49.5 Å². The third kappa shape index (κ3) is 4.71. The van der Waals surface area contributed by atoms with Crippen LogP contribution >= 0.6 is 0 Å². The molecule has 0 bridgehead atoms. The number of benzene rings is 2. The Bertz CT molecular complexity index is 749. The van der Waals surface area contributed by atoms with Crippen molar-refractivity contribution in [1.82, 2.24) is 10.2 Å². The van der Waals surface area contributed by atoms with Gasteiger partial charge < -0.3 is 10.1 Å². The minimum Gasteiger partial charge on any atom is -0.379 e. The van der Waals surface area contributed by atoms with E-state index in [2.05, 4.69) is 47.5 Å². The number of nitrogens with one attached hydrogen (secondary N) is 1. The van der Waals surface area contributed by atoms with E-state index in [-0.39, 0.29) is 11.9 Å². The lowest BCUT2D eigenvalue weighted by Crippen LogP contribution is -2.43. The zero-order chi connectivity index (χ0) is 18.5. The van der Waals surface area contributed by atoms with Gasteiger partial charge in [0.15, 0.2) is 0 Å². The van der Waals surface area contributed by atoms with Crippen LogP contribution in [0.4, 0.5) is 0 Å². The van der Waals surface area contributed by atoms with Gasteiger partial charge in [0.05, 0.1) is 19.3 Å². The van der Waals surface area contributed by atoms with Crippen LogP contribution in [0.5, 0.6) is 0 Å². The smallest absolute Gasteiger partial charge is 0.252 e. The van der Waals surface area contributed by atoms with Crippen molar-refractivity contribution < 1.29 is 9.53 Å². The number of hydrogen-bond donors (Lipinski definition) is 1. The lowest BCUT2D eigenvalue weighted by molar-refractivity contribution is 0.0332. The Morgan fingerprint density at radius 1 is 1.04 bits per heavy atom. The highest BCUT2D eigenvalue weighted by Gasteiger charge is 2.21. The molecule has 2 aromatic carbocycles. The molecule has 0 aliphatic carbocycles. The fourth-order valence-corrected chi connectivity index (χ4v) is 3.38. The van der Waals surface area contributed by atoms with Gasteiger partial charge in [-0.3, -0.25) is 9.69 Å². The Morgan fingerprint density at radius 2 is 1.69 bits per heavy atom. The molecule has 1 N–H and O–H groups in total. The second-order valence-electron chi connectivity index (χ2n) is 7.17. The van der Waals surface area contributed by atoms with Crippen molar-refractivity contribution in [2.24, 2.45) is 0 Å². The van der Waals surface area contributed by atoms with Crippen LogP contribution in [0.15, 0.2) is 42.5 Å². The van der Waals surface area contributed by atoms with Crippen LogP contribution in [-0.4, -0.2) is 43.7 Å². The van der Waals surface area contributed by atoms with E-state index in [1.807, 2.05) is 26.0 Å². The summed E-state index contributed by atoms with van der Waals surface area (Å²) in [6.45, 7) is 10.2. The molecule has 0 spiro atoms. The molecule has 138 valence electrons. The summed E-state index contributed by atoms with van der Waals surface area (Å²) < 4.78 is 5.45. The molecule has 4 heteroatoms. The van der Waals surface area contributed by atoms with Crippen molar-refractivity contribution in [3.05, 3.63) is 70.3 Å². The first kappa shape index (κ1) is 18.6. The Labute approximate surface area is 156 Å². The average molecular weight is 352 g/mol. The number of carbonyl (C=O) groups is 1. The zero-order valence-electron chi connectivity index (χ0n) is 15.9. The van der Waals surface area contributed by atoms with Gasteiger partial charge in [-0.05, 0) is 38.0 Å². The van der Waals surface area contributed by atoms with Crippen molar-refractivity contribution >= 4 is 5.91 Å². The second kappa shape index (κ2) is 8.47. The highest BCUT2D eigenvalue weighted by molar-refractivity contribution is 5.96. The van der Waals surface area contributed by atoms with Crippen LogP contribution in [0.2, 0.25) is 0 Å². The molecule has 0 saturated carbocycles. The van der Waals surface area contributed by atoms with Gasteiger partial charge in [0.2, 0.25) is 0 Å². The van der Waals surface area contributed by atoms with Gasteiger partial charge in [-0.2, -0.15) is 0 Å². The molecule has 1 fully saturated rings. The Hall–Kier alpha value is -2.17. The van der Waals surface area contributed by atoms with E-state index in [9.17, 15) is 4.79 Å². The van der Waals surface area contributed by atoms with Crippen LogP contribution in [0.1, 0.15) is 38.7 Å². The summed E-state index contributed by atoms with van der Waals surface area (Å²) in [5.74, 6) is -0.0127. The molecule has 1 saturated heterocycles. The third-order valence-electron chi connectivity index (χ3n) is 4.96. The van der Waals surface area contributed by atoms with Crippen LogP contribution in [0, 0.1) is 20.8 Å². The number of aryl methyl sites for hydroxylation is 3. The topological polar surface area (TPSA) is 41.6 Å². The summed E-state index contributed by atoms with van der Waals surface area (Å²) in [6, 6.07) is 14.4. The van der Waals surface area contributed by atoms with E-state index in [1.54, 1.807) is 0 Å². The van der Waals surface area contributed by atoms with Gasteiger partial charge in [-0.25, -0.2) is 0 Å². The number of morpholine rings is 1. The first-order chi connectivity index (χ1) is 12.5. The molecule has 1 amide bonds. The Balaban J connectivity index is 1.79. The monoisotopic (exact) mass is 352 g/mol. The number of rotatable bonds is 5. The third-order valence-corrected chi connectivity index (χ3v) is 4.96. The number of ether oxygens (including phenoxy) is 1. The Morgan fingerprint density at radius 3 is 2.35 bits per heavy atom. The normalized spacial score (nSPS) is 16.3. The molecule has 0 aromatic heterocycles. The predicted molar refractivity (Wildman–Crippen MR) is 105 cm³/mol. The van der Waals surface area contributed by atoms with E-state index in [4.69, 9.17) is 4.74 Å². The number of carbonyl (C=O) groups excluding carboxylic acids is 1. The first-order valence-corrected chi connectivity index (χ1v) is 9.28. The summed E-state index contributed by atoms with van der Waals surface area (Å²) in [5.41, 5.74) is 5.29. The van der Waals surface area contributed by atoms with Gasteiger partial charge in [0.1, 0.15) is 0 Å². The molecule has 4 nitrogen and oxygen atoms in total. The average Bonchev–Trinajstić information content (AvgIpc) is 2.62. The molecule has 1 atom stereocenters. The van der Waals surface area contributed by atoms with E-state index >= 15 is 0 Å². The van der Waals surface area contributed by atoms with Crippen LogP contribution in [0.25, 0.3) is 0 Å². The molecule has 1 heterocycles. The highest BCUT2D eigenvalue weighted by atomic mass is 16.5. The van der Waals surface area contributed by atoms with Gasteiger partial charge in [-0.15, -0.1) is 0 Å². The molecule has 3 rings (SSSR count). The van der Waals surface area contributed by atoms with Crippen molar-refractivity contribution in [3.63, 3.8) is 0 Å². The lowest BCUT2D eigenvalue weighted by Gasteiger charge is -2.31. The largest absolute Gasteiger partial charge is 0.379 e. The van der Waals surface area contributed by atoms with E-state index in [1.165, 1.54) is 11.1 Å². The van der Waals surface area contributed by atoms with Crippen molar-refractivity contribution in [2.75, 3.05) is 32.8 Å². The van der Waals surface area contributed by atoms with Crippen molar-refractivity contribution in [3.8, 4) is 0 Å². The Kier molecular flexibility index (Phi) is 6.07. The minimum atomic E-state index is -0.0399. The summed E-state index contributed by atoms with van der Waals surface area (Å²) in [4.78, 5) is 15.3. The SMILES string of the molecule is Cc1ccc([C@@H](CN2CCOCC2)NC(=O)c2ccc(C)cc2C)cc1.